The first-order chi connectivity index (χ1) is 40.6. The molecule has 0 saturated carbocycles. The Balaban J connectivity index is 0.683. The molecule has 0 aliphatic heterocycles. The number of allylic oxidation sites excluding steroid dienone is 2. The Morgan fingerprint density at radius 1 is 0.774 bits per heavy atom. The summed E-state index contributed by atoms with van der Waals surface area (Å²) in [6, 6.07) is 45.9. The average Bonchev–Trinajstić information content (AvgIpc) is 4.12. The van der Waals surface area contributed by atoms with Gasteiger partial charge in [-0.05, 0) is 115 Å². The Hall–Kier alpha value is -9.32. The fourth-order valence-corrected chi connectivity index (χ4v) is 10.8. The highest BCUT2D eigenvalue weighted by molar-refractivity contribution is 8.04. The largest absolute Gasteiger partial charge is 0.491 e. The summed E-state index contributed by atoms with van der Waals surface area (Å²) in [5.41, 5.74) is 7.74. The summed E-state index contributed by atoms with van der Waals surface area (Å²) >= 11 is 1.57. The molecule has 0 bridgehead atoms. The van der Waals surface area contributed by atoms with Crippen LogP contribution in [0.25, 0.3) is 55.4 Å². The molecule has 0 atom stereocenters. The molecule has 0 saturated heterocycles. The van der Waals surface area contributed by atoms with Gasteiger partial charge in [-0.25, -0.2) is 8.42 Å². The number of nitrogens with one attached hydrogen (secondary N) is 1. The summed E-state index contributed by atoms with van der Waals surface area (Å²) in [5, 5.41) is 19.0. The van der Waals surface area contributed by atoms with E-state index < -0.39 is 14.8 Å². The minimum Gasteiger partial charge on any atom is -0.491 e. The molecule has 0 fully saturated rings. The monoisotopic (exact) mass is 1160 g/mol. The second-order valence-electron chi connectivity index (χ2n) is 20.2. The third kappa shape index (κ3) is 15.8. The van der Waals surface area contributed by atoms with Crippen LogP contribution in [0.5, 0.6) is 17.2 Å². The van der Waals surface area contributed by atoms with Gasteiger partial charge >= 0.3 is 0 Å². The molecule has 0 aliphatic rings. The van der Waals surface area contributed by atoms with E-state index in [9.17, 15) is 8.42 Å². The topological polar surface area (TPSA) is 197 Å². The Kier molecular flexibility index (Phi) is 19.5. The maximum atomic E-state index is 13.5. The fourth-order valence-electron chi connectivity index (χ4n) is 8.82. The number of aromatic nitrogens is 6. The van der Waals surface area contributed by atoms with Crippen molar-refractivity contribution in [3.8, 4) is 51.5 Å². The first-order valence-corrected chi connectivity index (χ1v) is 29.2. The molecule has 19 heteroatoms. The van der Waals surface area contributed by atoms with E-state index in [1.165, 1.54) is 0 Å². The smallest absolute Gasteiger partial charge is 0.259 e. The second kappa shape index (κ2) is 27.6. The van der Waals surface area contributed by atoms with Gasteiger partial charge < -0.3 is 29.7 Å². The number of thioether (sulfide) groups is 1. The van der Waals surface area contributed by atoms with Crippen LogP contribution < -0.4 is 24.8 Å². The maximum Gasteiger partial charge on any atom is 0.259 e. The molecule has 428 valence electrons. The van der Waals surface area contributed by atoms with Crippen LogP contribution >= 0.6 is 11.8 Å². The zero-order chi connectivity index (χ0) is 59.1. The van der Waals surface area contributed by atoms with Crippen molar-refractivity contribution in [2.45, 2.75) is 25.2 Å². The minimum atomic E-state index is -4.00. The van der Waals surface area contributed by atoms with Crippen molar-refractivity contribution in [3.63, 3.8) is 0 Å². The lowest BCUT2D eigenvalue weighted by Crippen LogP contribution is -2.30. The molecule has 5 aromatic carbocycles. The summed E-state index contributed by atoms with van der Waals surface area (Å²) in [4.78, 5) is 13.9. The Morgan fingerprint density at radius 2 is 1.48 bits per heavy atom. The first-order valence-electron chi connectivity index (χ1n) is 26.9. The van der Waals surface area contributed by atoms with Crippen LogP contribution in [0.4, 0.5) is 5.69 Å². The molecule has 3 N–H and O–H groups in total. The lowest BCUT2D eigenvalue weighted by atomic mass is 10.0. The van der Waals surface area contributed by atoms with Gasteiger partial charge in [-0.1, -0.05) is 117 Å². The summed E-state index contributed by atoms with van der Waals surface area (Å²) in [6.07, 6.45) is 7.10. The molecule has 0 unspecified atom stereocenters. The van der Waals surface area contributed by atoms with Gasteiger partial charge in [-0.15, -0.1) is 22.0 Å². The van der Waals surface area contributed by atoms with Crippen molar-refractivity contribution in [2.75, 3.05) is 64.9 Å². The standard InChI is InChI=1S/C65H65N11O6S2/c1-46(49-17-10-8-11-18-49)23-29-62(69-66)75(7)36-38-81-60-31-33-67-58-40-52(24-26-55(58)60)51-21-16-22-53(39-51)73-84(77,78)48(3)43-79-45-65(4,5)83-47(2)42-74(6)35-14-15-37-80-54-25-27-56-59(41-54)68-34-32-61(56)82-44-64-71-70-63-30-28-57(72-76(63)64)50-19-12-9-13-20-50/h8-13,16-34,39-41,73H,1-3,35-38,42-45,66H2,4-7H3. The van der Waals surface area contributed by atoms with Crippen molar-refractivity contribution in [1.82, 2.24) is 39.6 Å². The second-order valence-corrected chi connectivity index (χ2v) is 23.9. The maximum absolute atomic E-state index is 13.5. The summed E-state index contributed by atoms with van der Waals surface area (Å²) < 4.78 is 55.3. The molecule has 0 spiro atoms. The van der Waals surface area contributed by atoms with Crippen LogP contribution in [0.1, 0.15) is 25.2 Å². The zero-order valence-electron chi connectivity index (χ0n) is 47.3. The molecule has 0 aliphatic carbocycles. The van der Waals surface area contributed by atoms with Crippen LogP contribution in [0.3, 0.4) is 0 Å². The number of hydrogen-bond acceptors (Lipinski definition) is 15. The molecular weight excluding hydrogens is 1090 g/mol. The minimum absolute atomic E-state index is 0.0951. The molecule has 9 aromatic rings. The van der Waals surface area contributed by atoms with Gasteiger partial charge in [0.05, 0.1) is 47.9 Å². The number of rotatable bonds is 26. The van der Waals surface area contributed by atoms with Gasteiger partial charge in [-0.3, -0.25) is 19.6 Å². The number of amidine groups is 1. The van der Waals surface area contributed by atoms with Crippen LogP contribution in [0.2, 0.25) is 0 Å². The molecule has 17 nitrogen and oxygen atoms in total. The van der Waals surface area contributed by atoms with Crippen molar-refractivity contribution >= 4 is 66.3 Å². The number of nitrogens with two attached hydrogens (primary N) is 1. The van der Waals surface area contributed by atoms with E-state index in [0.717, 1.165) is 54.7 Å². The van der Waals surface area contributed by atoms with E-state index in [1.807, 2.05) is 172 Å². The van der Waals surface area contributed by atoms with E-state index in [1.54, 1.807) is 46.9 Å². The van der Waals surface area contributed by atoms with E-state index in [4.69, 9.17) is 29.9 Å². The lowest BCUT2D eigenvalue weighted by Gasteiger charge is -2.26. The third-order valence-corrected chi connectivity index (χ3v) is 15.6. The molecule has 4 aromatic heterocycles. The zero-order valence-corrected chi connectivity index (χ0v) is 48.9. The summed E-state index contributed by atoms with van der Waals surface area (Å²) in [5.74, 6) is 15.1. The number of nitrogens with zero attached hydrogens (tertiary/aromatic N) is 9. The van der Waals surface area contributed by atoms with Crippen LogP contribution in [-0.4, -0.2) is 119 Å². The molecule has 9 rings (SSSR count). The Morgan fingerprint density at radius 3 is 2.24 bits per heavy atom. The predicted octanol–water partition coefficient (Wildman–Crippen LogP) is 11.3. The van der Waals surface area contributed by atoms with Crippen molar-refractivity contribution in [2.24, 2.45) is 10.9 Å². The molecule has 84 heavy (non-hydrogen) atoms. The van der Waals surface area contributed by atoms with Crippen LogP contribution in [-0.2, 0) is 21.4 Å². The van der Waals surface area contributed by atoms with Crippen molar-refractivity contribution in [3.05, 3.63) is 211 Å². The Labute approximate surface area is 494 Å². The van der Waals surface area contributed by atoms with Crippen molar-refractivity contribution in [1.29, 1.82) is 0 Å². The number of pyridine rings is 2. The highest BCUT2D eigenvalue weighted by atomic mass is 32.2. The molecule has 0 amide bonds. The molecule has 0 radical (unpaired) electrons. The molecular formula is C65H65N11O6S2. The number of hydrogen-bond donors (Lipinski definition) is 2. The SMILES string of the molecule is C=C(CN(C)CC#CCOc1ccc2c(OCc3nnc4ccc(-c5ccccc5)nn34)ccnc2c1)SC(C)(C)COCC(=C)S(=O)(=O)Nc1cccc(-c2ccc3c(OCCN(C)C(C=CC(=C)c4ccccc4)=NN)ccnc3c2)c1. The summed E-state index contributed by atoms with van der Waals surface area (Å²) in [6.45, 7) is 18.7. The Bertz CT molecular complexity index is 4070. The van der Waals surface area contributed by atoms with E-state index >= 15 is 0 Å². The first kappa shape index (κ1) is 59.3. The van der Waals surface area contributed by atoms with Gasteiger partial charge in [-0.2, -0.15) is 14.7 Å². The van der Waals surface area contributed by atoms with Gasteiger partial charge in [0.1, 0.15) is 42.9 Å². The number of likely N-dealkylation sites (N-methyl/N-ethyl adjacent to an activating group) is 2. The average molecular weight is 1160 g/mol. The van der Waals surface area contributed by atoms with Gasteiger partial charge in [0.2, 0.25) is 0 Å². The highest BCUT2D eigenvalue weighted by Gasteiger charge is 2.23. The van der Waals surface area contributed by atoms with Crippen LogP contribution in [0, 0.1) is 11.8 Å². The van der Waals surface area contributed by atoms with E-state index in [2.05, 4.69) is 66.5 Å². The fraction of sp³-hybridized carbons (Fsp3) is 0.200. The molecule has 4 heterocycles. The van der Waals surface area contributed by atoms with E-state index in [-0.39, 0.29) is 31.3 Å². The number of hydrazone groups is 1. The normalized spacial score (nSPS) is 11.9. The van der Waals surface area contributed by atoms with E-state index in [0.29, 0.717) is 72.0 Å². The number of sulfonamides is 1. The highest BCUT2D eigenvalue weighted by Crippen LogP contribution is 2.33. The number of benzene rings is 5. The van der Waals surface area contributed by atoms with Gasteiger partial charge in [0.25, 0.3) is 10.0 Å². The van der Waals surface area contributed by atoms with Crippen LogP contribution in [0.15, 0.2) is 205 Å². The van der Waals surface area contributed by atoms with Gasteiger partial charge in [0, 0.05) is 58.8 Å². The predicted molar refractivity (Wildman–Crippen MR) is 338 cm³/mol. The lowest BCUT2D eigenvalue weighted by molar-refractivity contribution is 0.143. The quantitative estimate of drug-likeness (QED) is 0.0130. The van der Waals surface area contributed by atoms with Gasteiger partial charge in [0.15, 0.2) is 11.5 Å². The number of fused-ring (bicyclic) bond motifs is 3. The number of ether oxygens (including phenoxy) is 4. The third-order valence-electron chi connectivity index (χ3n) is 13.1. The van der Waals surface area contributed by atoms with Crippen molar-refractivity contribution < 1.29 is 27.4 Å². The number of anilines is 1. The summed E-state index contributed by atoms with van der Waals surface area (Å²) in [7, 11) is -0.141.